The summed E-state index contributed by atoms with van der Waals surface area (Å²) in [5, 5.41) is 19.7. The zero-order chi connectivity index (χ0) is 41.9. The van der Waals surface area contributed by atoms with Crippen LogP contribution in [0.2, 0.25) is 0 Å². The van der Waals surface area contributed by atoms with Gasteiger partial charge in [0.1, 0.15) is 11.6 Å². The van der Waals surface area contributed by atoms with Crippen LogP contribution >= 0.6 is 0 Å². The molecule has 1 fully saturated rings. The van der Waals surface area contributed by atoms with Gasteiger partial charge in [0, 0.05) is 31.1 Å². The Kier molecular flexibility index (Phi) is 2.89. The van der Waals surface area contributed by atoms with Crippen molar-refractivity contribution in [2.75, 3.05) is 6.56 Å². The smallest absolute Gasteiger partial charge is 0.395 e. The van der Waals surface area contributed by atoms with Crippen LogP contribution in [0.3, 0.4) is 0 Å². The van der Waals surface area contributed by atoms with Gasteiger partial charge in [0.05, 0.1) is 45.1 Å². The number of nitrogens with zero attached hydrogens (tertiary/aromatic N) is 1. The van der Waals surface area contributed by atoms with E-state index >= 15 is 4.39 Å². The van der Waals surface area contributed by atoms with E-state index in [2.05, 4.69) is 9.47 Å². The molecule has 1 aromatic heterocycles. The van der Waals surface area contributed by atoms with E-state index in [9.17, 15) is 23.8 Å². The number of benzene rings is 2. The second kappa shape index (κ2) is 8.77. The van der Waals surface area contributed by atoms with Crippen LogP contribution in [0, 0.1) is 5.82 Å². The lowest BCUT2D eigenvalue weighted by molar-refractivity contribution is -0.286. The van der Waals surface area contributed by atoms with Crippen LogP contribution in [-0.4, -0.2) is 39.5 Å². The van der Waals surface area contributed by atoms with Crippen molar-refractivity contribution in [2.24, 2.45) is 0 Å². The summed E-state index contributed by atoms with van der Waals surface area (Å²) in [6, 6.07) is -7.75. The van der Waals surface area contributed by atoms with Gasteiger partial charge in [0.25, 0.3) is 0 Å². The second-order valence-electron chi connectivity index (χ2n) is 8.70. The highest BCUT2D eigenvalue weighted by molar-refractivity contribution is 5.95. The summed E-state index contributed by atoms with van der Waals surface area (Å²) in [4.78, 5) is 14.2. The number of ketones is 1. The maximum atomic E-state index is 16.4. The van der Waals surface area contributed by atoms with Gasteiger partial charge in [-0.15, -0.1) is 8.78 Å². The highest BCUT2D eigenvalue weighted by Gasteiger charge is 2.52. The first kappa shape index (κ1) is 12.2. The molecule has 9 heteroatoms. The topological polar surface area (TPSA) is 80.9 Å². The average Bonchev–Trinajstić information content (AvgIpc) is 3.31. The summed E-state index contributed by atoms with van der Waals surface area (Å²) in [5.41, 5.74) is -10.0. The van der Waals surface area contributed by atoms with Crippen LogP contribution in [0.1, 0.15) is 80.0 Å². The molecule has 2 N–H and O–H groups in total. The number of carbonyl (C=O) groups is 1. The molecule has 0 bridgehead atoms. The lowest BCUT2D eigenvalue weighted by Gasteiger charge is -2.26. The number of hydrogen-bond acceptors (Lipinski definition) is 5. The average molecular weight is 535 g/mol. The van der Waals surface area contributed by atoms with Gasteiger partial charge < -0.3 is 24.3 Å². The van der Waals surface area contributed by atoms with E-state index in [1.165, 1.54) is 0 Å². The predicted octanol–water partition coefficient (Wildman–Crippen LogP) is 4.99. The first-order valence-electron chi connectivity index (χ1n) is 19.2. The number of fused-ring (bicyclic) bond motifs is 2. The molecule has 3 aromatic rings. The van der Waals surface area contributed by atoms with Gasteiger partial charge in [0.2, 0.25) is 0 Å². The van der Waals surface area contributed by atoms with Crippen LogP contribution in [-0.2, 0) is 28.5 Å². The molecule has 0 spiro atoms. The van der Waals surface area contributed by atoms with Crippen molar-refractivity contribution in [3.05, 3.63) is 58.9 Å². The van der Waals surface area contributed by atoms with E-state index < -0.39 is 149 Å². The zero-order valence-corrected chi connectivity index (χ0v) is 19.4. The molecule has 5 rings (SSSR count). The molecule has 1 saturated carbocycles. The van der Waals surface area contributed by atoms with Gasteiger partial charge in [0.15, 0.2) is 11.5 Å². The van der Waals surface area contributed by atoms with Gasteiger partial charge in [-0.1, -0.05) is 26.8 Å². The Labute approximate surface area is 236 Å². The van der Waals surface area contributed by atoms with E-state index in [-0.39, 0.29) is 4.57 Å². The first-order valence-corrected chi connectivity index (χ1v) is 10.7. The minimum atomic E-state index is -4.48. The van der Waals surface area contributed by atoms with E-state index in [0.29, 0.717) is 0 Å². The molecule has 37 heavy (non-hydrogen) atoms. The van der Waals surface area contributed by atoms with Crippen molar-refractivity contribution >= 4 is 16.7 Å². The Morgan fingerprint density at radius 2 is 1.97 bits per heavy atom. The lowest BCUT2D eigenvalue weighted by atomic mass is 9.86. The maximum Gasteiger partial charge on any atom is 0.586 e. The SMILES string of the molecule is [2H]c1c([2H])c(C2(C(=O)Cc3c(F)c([2H])c4c(c3[2H])c([2H])c(C(C)(C)C([2H])([2H])C)n4C([2H])([2H])[C@@]([2H])(O)C([2H])([2H])O)C([2H])([2H])C2([2H])[2H])c([2H])c2c1OC(F)(F)O2. The number of Topliss-reactive ketones (excluding diaryl/α,β-unsaturated/α-hetero) is 1. The number of rotatable bonds is 9. The van der Waals surface area contributed by atoms with Crippen molar-refractivity contribution in [3.8, 4) is 11.5 Å². The van der Waals surface area contributed by atoms with Crippen LogP contribution in [0.15, 0.2) is 36.3 Å². The van der Waals surface area contributed by atoms with E-state index in [0.717, 1.165) is 20.8 Å². The first-order chi connectivity index (χ1) is 23.9. The highest BCUT2D eigenvalue weighted by Crippen LogP contribution is 2.52. The molecule has 2 aromatic carbocycles. The summed E-state index contributed by atoms with van der Waals surface area (Å²) in [7, 11) is 0. The van der Waals surface area contributed by atoms with E-state index in [4.69, 9.17) is 23.3 Å². The van der Waals surface area contributed by atoms with E-state index in [1.807, 2.05) is 0 Å². The van der Waals surface area contributed by atoms with Crippen LogP contribution in [0.5, 0.6) is 11.5 Å². The van der Waals surface area contributed by atoms with Crippen LogP contribution in [0.25, 0.3) is 10.9 Å². The molecular formula is C28H30F3NO5. The lowest BCUT2D eigenvalue weighted by Crippen LogP contribution is -2.26. The van der Waals surface area contributed by atoms with Gasteiger partial charge in [-0.2, -0.15) is 0 Å². The monoisotopic (exact) mass is 534 g/mol. The third-order valence-electron chi connectivity index (χ3n) is 5.93. The molecule has 0 amide bonds. The third-order valence-corrected chi connectivity index (χ3v) is 5.93. The standard InChI is InChI=1S/C28H30F3NO5/c1-4-26(2,3)24-10-17-9-16(20(29)13-21(17)32(24)14-19(34)15-33)11-25(35)27(7-8-27)18-5-6-22-23(12-18)37-28(30,31)36-22/h5-6,9-10,12-13,19,33-34H,4,7-8,11,14-15H2,1-3H3/t19-/m1/s1/i4D2,5D,6D,7D2,8D2,9D,10D,12D,13D,14D2,15D2,19D. The predicted molar refractivity (Wildman–Crippen MR) is 131 cm³/mol. The number of carbonyl (C=O) groups excluding carboxylic acids is 1. The summed E-state index contributed by atoms with van der Waals surface area (Å²) in [6.45, 7) is -5.01. The molecule has 2 heterocycles. The van der Waals surface area contributed by atoms with Crippen molar-refractivity contribution < 1.29 is 61.0 Å². The quantitative estimate of drug-likeness (QED) is 0.405. The molecular weight excluding hydrogens is 487 g/mol. The van der Waals surface area contributed by atoms with Crippen LogP contribution < -0.4 is 9.47 Å². The molecule has 198 valence electrons. The minimum Gasteiger partial charge on any atom is -0.395 e. The Morgan fingerprint density at radius 1 is 1.27 bits per heavy atom. The molecule has 1 aliphatic carbocycles. The number of ether oxygens (including phenoxy) is 2. The summed E-state index contributed by atoms with van der Waals surface area (Å²) in [5.74, 6) is -6.05. The number of halogens is 3. The highest BCUT2D eigenvalue weighted by atomic mass is 19.3. The molecule has 1 aliphatic heterocycles. The Bertz CT molecular complexity index is 2140. The summed E-state index contributed by atoms with van der Waals surface area (Å²) >= 11 is 0. The summed E-state index contributed by atoms with van der Waals surface area (Å²) < 4.78 is 195. The molecule has 2 aliphatic rings. The Hall–Kier alpha value is -3.04. The minimum absolute atomic E-state index is 0.0264. The summed E-state index contributed by atoms with van der Waals surface area (Å²) in [6.07, 6.45) is -19.6. The fourth-order valence-corrected chi connectivity index (χ4v) is 3.70. The number of hydrogen-bond donors (Lipinski definition) is 2. The molecule has 6 nitrogen and oxygen atoms in total. The van der Waals surface area contributed by atoms with Crippen molar-refractivity contribution in [3.63, 3.8) is 0 Å². The molecule has 0 radical (unpaired) electrons. The van der Waals surface area contributed by atoms with Gasteiger partial charge in [-0.25, -0.2) is 4.39 Å². The number of alkyl halides is 2. The van der Waals surface area contributed by atoms with Crippen molar-refractivity contribution in [1.29, 1.82) is 0 Å². The number of aliphatic hydroxyl groups is 2. The van der Waals surface area contributed by atoms with Crippen molar-refractivity contribution in [1.82, 2.24) is 4.57 Å². The van der Waals surface area contributed by atoms with Crippen molar-refractivity contribution in [2.45, 2.75) is 76.0 Å². The van der Waals surface area contributed by atoms with Gasteiger partial charge in [-0.3, -0.25) is 4.79 Å². The largest absolute Gasteiger partial charge is 0.586 e. The zero-order valence-electron chi connectivity index (χ0n) is 36.4. The maximum absolute atomic E-state index is 16.4. The third kappa shape index (κ3) is 4.48. The fourth-order valence-electron chi connectivity index (χ4n) is 3.70. The van der Waals surface area contributed by atoms with Gasteiger partial charge >= 0.3 is 6.29 Å². The normalized spacial score (nSPS) is 29.7. The molecule has 1 atom stereocenters. The molecule has 0 unspecified atom stereocenters. The fraction of sp³-hybridized carbons (Fsp3) is 0.464. The second-order valence-corrected chi connectivity index (χ2v) is 8.70. The Balaban J connectivity index is 1.84. The van der Waals surface area contributed by atoms with Crippen LogP contribution in [0.4, 0.5) is 13.2 Å². The Morgan fingerprint density at radius 3 is 2.62 bits per heavy atom. The number of aromatic nitrogens is 1. The van der Waals surface area contributed by atoms with E-state index in [1.54, 1.807) is 0 Å². The van der Waals surface area contributed by atoms with Gasteiger partial charge in [-0.05, 0) is 60.5 Å². The molecule has 0 saturated heterocycles.